The fourth-order valence-corrected chi connectivity index (χ4v) is 3.34. The molecule has 0 aliphatic carbocycles. The Hall–Kier alpha value is -4.34. The Labute approximate surface area is 189 Å². The Morgan fingerprint density at radius 1 is 0.970 bits per heavy atom. The van der Waals surface area contributed by atoms with E-state index in [4.69, 9.17) is 14.2 Å². The van der Waals surface area contributed by atoms with Crippen LogP contribution < -0.4 is 25.1 Å². The standard InChI is InChI=1S/C23H23N5O5/c1-31-17-7-5-16(6-8-17)18-11-19-23(30)27(25-14-28(19)26-18)13-22(29)24-12-15-4-9-20(32-2)21(10-15)33-3/h4-11,14H,12-13H2,1-3H3,(H,24,29). The lowest BCUT2D eigenvalue weighted by Crippen LogP contribution is -2.34. The van der Waals surface area contributed by atoms with Gasteiger partial charge in [0, 0.05) is 12.1 Å². The SMILES string of the molecule is COc1ccc(-c2cc3c(=O)n(CC(=O)NCc4ccc(OC)c(OC)c4)ncn3n2)cc1. The number of rotatable bonds is 8. The van der Waals surface area contributed by atoms with Gasteiger partial charge < -0.3 is 19.5 Å². The molecule has 0 saturated heterocycles. The van der Waals surface area contributed by atoms with Gasteiger partial charge in [0.2, 0.25) is 5.91 Å². The molecule has 0 atom stereocenters. The fourth-order valence-electron chi connectivity index (χ4n) is 3.34. The van der Waals surface area contributed by atoms with Crippen molar-refractivity contribution in [2.24, 2.45) is 0 Å². The molecular weight excluding hydrogens is 426 g/mol. The van der Waals surface area contributed by atoms with Crippen molar-refractivity contribution in [1.82, 2.24) is 24.7 Å². The summed E-state index contributed by atoms with van der Waals surface area (Å²) in [7, 11) is 4.70. The zero-order chi connectivity index (χ0) is 23.4. The fraction of sp³-hybridized carbons (Fsp3) is 0.217. The van der Waals surface area contributed by atoms with Gasteiger partial charge in [-0.2, -0.15) is 10.2 Å². The Bertz CT molecular complexity index is 1340. The second-order valence-electron chi connectivity index (χ2n) is 7.15. The van der Waals surface area contributed by atoms with Crippen molar-refractivity contribution in [3.63, 3.8) is 0 Å². The molecular formula is C23H23N5O5. The van der Waals surface area contributed by atoms with Gasteiger partial charge in [-0.25, -0.2) is 9.20 Å². The van der Waals surface area contributed by atoms with Gasteiger partial charge in [0.05, 0.1) is 27.0 Å². The molecule has 1 N–H and O–H groups in total. The summed E-state index contributed by atoms with van der Waals surface area (Å²) in [5.41, 5.74) is 2.19. The normalized spacial score (nSPS) is 10.8. The van der Waals surface area contributed by atoms with Crippen molar-refractivity contribution < 1.29 is 19.0 Å². The molecule has 0 bridgehead atoms. The van der Waals surface area contributed by atoms with Crippen molar-refractivity contribution in [2.45, 2.75) is 13.1 Å². The van der Waals surface area contributed by atoms with E-state index < -0.39 is 5.56 Å². The quantitative estimate of drug-likeness (QED) is 0.438. The number of carbonyl (C=O) groups excluding carboxylic acids is 1. The number of nitrogens with one attached hydrogen (secondary N) is 1. The highest BCUT2D eigenvalue weighted by Gasteiger charge is 2.13. The van der Waals surface area contributed by atoms with E-state index in [-0.39, 0.29) is 19.0 Å². The summed E-state index contributed by atoms with van der Waals surface area (Å²) in [5, 5.41) is 11.3. The van der Waals surface area contributed by atoms with E-state index in [1.165, 1.54) is 10.8 Å². The molecule has 33 heavy (non-hydrogen) atoms. The van der Waals surface area contributed by atoms with E-state index >= 15 is 0 Å². The third kappa shape index (κ3) is 4.64. The lowest BCUT2D eigenvalue weighted by atomic mass is 10.1. The highest BCUT2D eigenvalue weighted by atomic mass is 16.5. The monoisotopic (exact) mass is 449 g/mol. The number of nitrogens with zero attached hydrogens (tertiary/aromatic N) is 4. The van der Waals surface area contributed by atoms with Gasteiger partial charge in [0.1, 0.15) is 24.1 Å². The minimum atomic E-state index is -0.411. The van der Waals surface area contributed by atoms with Crippen molar-refractivity contribution in [3.05, 3.63) is 70.8 Å². The van der Waals surface area contributed by atoms with Gasteiger partial charge in [-0.3, -0.25) is 9.59 Å². The molecule has 2 aromatic heterocycles. The summed E-state index contributed by atoms with van der Waals surface area (Å²) in [4.78, 5) is 25.3. The van der Waals surface area contributed by atoms with Crippen molar-refractivity contribution in [3.8, 4) is 28.5 Å². The third-order valence-corrected chi connectivity index (χ3v) is 5.11. The zero-order valence-corrected chi connectivity index (χ0v) is 18.4. The molecule has 4 rings (SSSR count). The van der Waals surface area contributed by atoms with Gasteiger partial charge in [-0.1, -0.05) is 6.07 Å². The smallest absolute Gasteiger partial charge is 0.293 e. The Kier molecular flexibility index (Phi) is 6.25. The maximum absolute atomic E-state index is 12.8. The molecule has 2 aromatic carbocycles. The first-order valence-corrected chi connectivity index (χ1v) is 10.1. The number of methoxy groups -OCH3 is 3. The molecule has 0 aliphatic heterocycles. The predicted octanol–water partition coefficient (Wildman–Crippen LogP) is 1.90. The third-order valence-electron chi connectivity index (χ3n) is 5.11. The zero-order valence-electron chi connectivity index (χ0n) is 18.4. The topological polar surface area (TPSA) is 109 Å². The number of hydrogen-bond donors (Lipinski definition) is 1. The number of fused-ring (bicyclic) bond motifs is 1. The van der Waals surface area contributed by atoms with Crippen molar-refractivity contribution in [1.29, 1.82) is 0 Å². The molecule has 0 spiro atoms. The number of aromatic nitrogens is 4. The van der Waals surface area contributed by atoms with E-state index in [1.807, 2.05) is 30.3 Å². The van der Waals surface area contributed by atoms with E-state index in [1.54, 1.807) is 39.5 Å². The number of hydrogen-bond acceptors (Lipinski definition) is 7. The number of carbonyl (C=O) groups is 1. The van der Waals surface area contributed by atoms with Crippen LogP contribution in [0.1, 0.15) is 5.56 Å². The minimum absolute atomic E-state index is 0.217. The van der Waals surface area contributed by atoms with Crippen LogP contribution in [0.3, 0.4) is 0 Å². The van der Waals surface area contributed by atoms with E-state index in [9.17, 15) is 9.59 Å². The predicted molar refractivity (Wildman–Crippen MR) is 121 cm³/mol. The maximum atomic E-state index is 12.8. The van der Waals surface area contributed by atoms with E-state index in [2.05, 4.69) is 15.5 Å². The second-order valence-corrected chi connectivity index (χ2v) is 7.15. The van der Waals surface area contributed by atoms with Gasteiger partial charge in [0.15, 0.2) is 11.5 Å². The van der Waals surface area contributed by atoms with Gasteiger partial charge in [-0.15, -0.1) is 0 Å². The molecule has 10 nitrogen and oxygen atoms in total. The van der Waals surface area contributed by atoms with Crippen molar-refractivity contribution in [2.75, 3.05) is 21.3 Å². The summed E-state index contributed by atoms with van der Waals surface area (Å²) in [6.45, 7) is 0.0517. The Morgan fingerprint density at radius 2 is 1.73 bits per heavy atom. The molecule has 0 aliphatic rings. The molecule has 2 heterocycles. The Balaban J connectivity index is 1.47. The summed E-state index contributed by atoms with van der Waals surface area (Å²) in [6, 6.07) is 14.4. The van der Waals surface area contributed by atoms with Crippen LogP contribution in [0.25, 0.3) is 16.8 Å². The van der Waals surface area contributed by atoms with Crippen LogP contribution in [0.15, 0.2) is 59.7 Å². The molecule has 1 amide bonds. The highest BCUT2D eigenvalue weighted by molar-refractivity contribution is 5.75. The van der Waals surface area contributed by atoms with Crippen LogP contribution in [0.2, 0.25) is 0 Å². The summed E-state index contributed by atoms with van der Waals surface area (Å²) < 4.78 is 18.2. The maximum Gasteiger partial charge on any atom is 0.293 e. The largest absolute Gasteiger partial charge is 0.497 e. The summed E-state index contributed by atoms with van der Waals surface area (Å²) >= 11 is 0. The average Bonchev–Trinajstić information content (AvgIpc) is 3.29. The molecule has 4 aromatic rings. The first-order valence-electron chi connectivity index (χ1n) is 10.1. The van der Waals surface area contributed by atoms with Crippen molar-refractivity contribution >= 4 is 11.4 Å². The minimum Gasteiger partial charge on any atom is -0.497 e. The van der Waals surface area contributed by atoms with Crippen LogP contribution >= 0.6 is 0 Å². The first kappa shape index (κ1) is 21.9. The van der Waals surface area contributed by atoms with E-state index in [0.29, 0.717) is 22.7 Å². The molecule has 0 radical (unpaired) electrons. The van der Waals surface area contributed by atoms with Crippen LogP contribution in [-0.4, -0.2) is 46.6 Å². The number of amides is 1. The number of benzene rings is 2. The van der Waals surface area contributed by atoms with Gasteiger partial charge in [0.25, 0.3) is 5.56 Å². The highest BCUT2D eigenvalue weighted by Crippen LogP contribution is 2.27. The lowest BCUT2D eigenvalue weighted by molar-refractivity contribution is -0.122. The van der Waals surface area contributed by atoms with Crippen LogP contribution in [0.5, 0.6) is 17.2 Å². The number of ether oxygens (including phenoxy) is 3. The summed E-state index contributed by atoms with van der Waals surface area (Å²) in [6.07, 6.45) is 1.41. The average molecular weight is 449 g/mol. The molecule has 10 heteroatoms. The first-order chi connectivity index (χ1) is 16.0. The Morgan fingerprint density at radius 3 is 2.42 bits per heavy atom. The lowest BCUT2D eigenvalue weighted by Gasteiger charge is -2.10. The molecule has 0 fully saturated rings. The molecule has 0 unspecified atom stereocenters. The van der Waals surface area contributed by atoms with E-state index in [0.717, 1.165) is 21.6 Å². The molecule has 0 saturated carbocycles. The molecule has 170 valence electrons. The van der Waals surface area contributed by atoms with Crippen LogP contribution in [0.4, 0.5) is 0 Å². The second kappa shape index (κ2) is 9.43. The van der Waals surface area contributed by atoms with Crippen LogP contribution in [-0.2, 0) is 17.9 Å². The van der Waals surface area contributed by atoms with Crippen LogP contribution in [0, 0.1) is 0 Å². The summed E-state index contributed by atoms with van der Waals surface area (Å²) in [5.74, 6) is 1.55. The van der Waals surface area contributed by atoms with Gasteiger partial charge in [-0.05, 0) is 48.0 Å². The van der Waals surface area contributed by atoms with Gasteiger partial charge >= 0.3 is 0 Å².